The third-order valence-electron chi connectivity index (χ3n) is 10.3. The Balaban J connectivity index is 1.38. The van der Waals surface area contributed by atoms with Crippen LogP contribution in [0.15, 0.2) is 206 Å². The molecule has 0 N–H and O–H groups in total. The summed E-state index contributed by atoms with van der Waals surface area (Å²) in [7, 11) is 0. The molecule has 0 saturated heterocycles. The molecule has 9 rings (SSSR count). The Kier molecular flexibility index (Phi) is 9.07. The summed E-state index contributed by atoms with van der Waals surface area (Å²) in [5.41, 5.74) is 14.4. The van der Waals surface area contributed by atoms with Crippen molar-refractivity contribution in [1.82, 2.24) is 0 Å². The van der Waals surface area contributed by atoms with Crippen LogP contribution in [0.4, 0.5) is 0 Å². The van der Waals surface area contributed by atoms with Crippen molar-refractivity contribution in [2.45, 2.75) is 0 Å². The summed E-state index contributed by atoms with van der Waals surface area (Å²) in [6.45, 7) is 0. The van der Waals surface area contributed by atoms with E-state index in [2.05, 4.69) is 231 Å². The summed E-state index contributed by atoms with van der Waals surface area (Å²) >= 11 is 0. The van der Waals surface area contributed by atoms with Gasteiger partial charge in [-0.25, -0.2) is 0 Å². The van der Waals surface area contributed by atoms with Crippen molar-refractivity contribution >= 4 is 45.8 Å². The smallest absolute Gasteiger partial charge is 0.00201 e. The number of hydrogen-bond donors (Lipinski definition) is 0. The molecule has 0 saturated carbocycles. The zero-order chi connectivity index (χ0) is 36.1. The first-order chi connectivity index (χ1) is 26.8. The molecule has 0 heteroatoms. The monoisotopic (exact) mass is 686 g/mol. The van der Waals surface area contributed by atoms with Crippen molar-refractivity contribution in [2.75, 3.05) is 0 Å². The predicted octanol–water partition coefficient (Wildman–Crippen LogP) is 15.0. The Bertz CT molecular complexity index is 2580. The van der Waals surface area contributed by atoms with Gasteiger partial charge in [-0.3, -0.25) is 0 Å². The lowest BCUT2D eigenvalue weighted by molar-refractivity contribution is 1.60. The van der Waals surface area contributed by atoms with E-state index in [1.807, 2.05) is 0 Å². The maximum Gasteiger partial charge on any atom is -0.00201 e. The second kappa shape index (κ2) is 14.9. The van der Waals surface area contributed by atoms with Crippen molar-refractivity contribution in [1.29, 1.82) is 0 Å². The second-order valence-electron chi connectivity index (χ2n) is 13.7. The van der Waals surface area contributed by atoms with Crippen LogP contribution in [0.2, 0.25) is 0 Å². The van der Waals surface area contributed by atoms with E-state index in [9.17, 15) is 0 Å². The summed E-state index contributed by atoms with van der Waals surface area (Å²) in [6.07, 6.45) is 8.96. The first-order valence-electron chi connectivity index (χ1n) is 18.6. The fourth-order valence-electron chi connectivity index (χ4n) is 7.67. The van der Waals surface area contributed by atoms with Gasteiger partial charge in [0.15, 0.2) is 0 Å². The lowest BCUT2D eigenvalue weighted by Gasteiger charge is -2.21. The molecule has 0 aliphatic rings. The van der Waals surface area contributed by atoms with Gasteiger partial charge in [-0.05, 0) is 100 Å². The van der Waals surface area contributed by atoms with Gasteiger partial charge in [0.25, 0.3) is 0 Å². The SMILES string of the molecule is C(=Cc1ccccc1-c1c2ccc(-c3ccccc3)cc2c(-c2ccccc2C=Cc2ccccc2)c2ccc(-c3ccccc3)cc12)c1ccccc1. The van der Waals surface area contributed by atoms with Gasteiger partial charge in [-0.2, -0.15) is 0 Å². The highest BCUT2D eigenvalue weighted by atomic mass is 14.2. The van der Waals surface area contributed by atoms with Gasteiger partial charge >= 0.3 is 0 Å². The first kappa shape index (κ1) is 32.9. The molecule has 254 valence electrons. The van der Waals surface area contributed by atoms with Gasteiger partial charge in [0, 0.05) is 0 Å². The normalized spacial score (nSPS) is 11.6. The molecule has 0 nitrogen and oxygen atoms in total. The van der Waals surface area contributed by atoms with Gasteiger partial charge in [0.1, 0.15) is 0 Å². The van der Waals surface area contributed by atoms with Crippen LogP contribution in [0.3, 0.4) is 0 Å². The number of hydrogen-bond acceptors (Lipinski definition) is 0. The molecular formula is C54H38. The Morgan fingerprint density at radius 2 is 0.593 bits per heavy atom. The van der Waals surface area contributed by atoms with Crippen molar-refractivity contribution in [2.24, 2.45) is 0 Å². The van der Waals surface area contributed by atoms with Crippen LogP contribution in [-0.2, 0) is 0 Å². The third kappa shape index (κ3) is 6.58. The summed E-state index contributed by atoms with van der Waals surface area (Å²) in [4.78, 5) is 0. The van der Waals surface area contributed by atoms with Gasteiger partial charge in [0.05, 0.1) is 0 Å². The molecule has 0 radical (unpaired) electrons. The van der Waals surface area contributed by atoms with Gasteiger partial charge in [-0.15, -0.1) is 0 Å². The van der Waals surface area contributed by atoms with E-state index in [0.717, 1.165) is 0 Å². The average molecular weight is 687 g/mol. The van der Waals surface area contributed by atoms with Gasteiger partial charge < -0.3 is 0 Å². The minimum atomic E-state index is 1.18. The quantitative estimate of drug-likeness (QED) is 0.110. The van der Waals surface area contributed by atoms with Crippen LogP contribution in [-0.4, -0.2) is 0 Å². The number of benzene rings is 9. The zero-order valence-corrected chi connectivity index (χ0v) is 29.9. The molecule has 54 heavy (non-hydrogen) atoms. The van der Waals surface area contributed by atoms with Gasteiger partial charge in [-0.1, -0.05) is 218 Å². The zero-order valence-electron chi connectivity index (χ0n) is 29.9. The van der Waals surface area contributed by atoms with E-state index >= 15 is 0 Å². The van der Waals surface area contributed by atoms with E-state index in [1.54, 1.807) is 0 Å². The first-order valence-corrected chi connectivity index (χ1v) is 18.6. The highest BCUT2D eigenvalue weighted by Crippen LogP contribution is 2.47. The minimum absolute atomic E-state index is 1.18. The average Bonchev–Trinajstić information content (AvgIpc) is 3.25. The molecule has 9 aromatic carbocycles. The summed E-state index contributed by atoms with van der Waals surface area (Å²) < 4.78 is 0. The maximum atomic E-state index is 2.41. The molecular weight excluding hydrogens is 649 g/mol. The molecule has 0 aliphatic carbocycles. The Morgan fingerprint density at radius 3 is 1.00 bits per heavy atom. The summed E-state index contributed by atoms with van der Waals surface area (Å²) in [5, 5.41) is 4.91. The fourth-order valence-corrected chi connectivity index (χ4v) is 7.67. The molecule has 0 aliphatic heterocycles. The van der Waals surface area contributed by atoms with Crippen LogP contribution in [0, 0.1) is 0 Å². The highest BCUT2D eigenvalue weighted by Gasteiger charge is 2.20. The molecule has 0 unspecified atom stereocenters. The Morgan fingerprint density at radius 1 is 0.241 bits per heavy atom. The molecule has 0 heterocycles. The van der Waals surface area contributed by atoms with Crippen LogP contribution in [0.1, 0.15) is 22.3 Å². The maximum absolute atomic E-state index is 2.41. The molecule has 0 fully saturated rings. The standard InChI is InChI=1S/C54H38/c1-5-17-39(18-6-1)29-31-43-25-13-15-27-47(43)53-49-35-33-46(42-23-11-4-12-24-42)38-52(49)54(50-36-34-45(37-51(50)53)41-21-9-3-10-22-41)48-28-16-14-26-44(48)32-30-40-19-7-2-8-20-40/h1-38H. The van der Waals surface area contributed by atoms with E-state index in [-0.39, 0.29) is 0 Å². The summed E-state index contributed by atoms with van der Waals surface area (Å²) in [5.74, 6) is 0. The van der Waals surface area contributed by atoms with Crippen molar-refractivity contribution in [3.8, 4) is 44.5 Å². The van der Waals surface area contributed by atoms with Gasteiger partial charge in [0.2, 0.25) is 0 Å². The van der Waals surface area contributed by atoms with Crippen LogP contribution < -0.4 is 0 Å². The summed E-state index contributed by atoms with van der Waals surface area (Å²) in [6, 6.07) is 74.4. The Labute approximate surface area is 317 Å². The third-order valence-corrected chi connectivity index (χ3v) is 10.3. The molecule has 9 aromatic rings. The largest absolute Gasteiger partial charge is 0.0622 e. The van der Waals surface area contributed by atoms with Crippen molar-refractivity contribution < 1.29 is 0 Å². The van der Waals surface area contributed by atoms with Crippen LogP contribution >= 0.6 is 0 Å². The molecule has 0 aromatic heterocycles. The molecule has 0 bridgehead atoms. The van der Waals surface area contributed by atoms with Crippen molar-refractivity contribution in [3.05, 3.63) is 229 Å². The number of fused-ring (bicyclic) bond motifs is 2. The molecule has 0 spiro atoms. The number of rotatable bonds is 8. The van der Waals surface area contributed by atoms with Crippen LogP contribution in [0.25, 0.3) is 90.4 Å². The Hall–Kier alpha value is -7.02. The van der Waals surface area contributed by atoms with Crippen LogP contribution in [0.5, 0.6) is 0 Å². The van der Waals surface area contributed by atoms with E-state index in [0.29, 0.717) is 0 Å². The predicted molar refractivity (Wildman–Crippen MR) is 234 cm³/mol. The second-order valence-corrected chi connectivity index (χ2v) is 13.7. The van der Waals surface area contributed by atoms with E-state index < -0.39 is 0 Å². The van der Waals surface area contributed by atoms with Crippen molar-refractivity contribution in [3.63, 3.8) is 0 Å². The fraction of sp³-hybridized carbons (Fsp3) is 0. The lowest BCUT2D eigenvalue weighted by Crippen LogP contribution is -1.95. The van der Waals surface area contributed by atoms with E-state index in [1.165, 1.54) is 88.3 Å². The topological polar surface area (TPSA) is 0 Å². The molecule has 0 amide bonds. The minimum Gasteiger partial charge on any atom is -0.0622 e. The lowest BCUT2D eigenvalue weighted by atomic mass is 9.82. The highest BCUT2D eigenvalue weighted by molar-refractivity contribution is 6.23. The van der Waals surface area contributed by atoms with E-state index in [4.69, 9.17) is 0 Å². The molecule has 0 atom stereocenters.